The Labute approximate surface area is 183 Å². The zero-order valence-electron chi connectivity index (χ0n) is 17.4. The van der Waals surface area contributed by atoms with E-state index in [-0.39, 0.29) is 30.3 Å². The predicted molar refractivity (Wildman–Crippen MR) is 117 cm³/mol. The molecule has 11 heteroatoms. The van der Waals surface area contributed by atoms with E-state index in [1.165, 1.54) is 0 Å². The van der Waals surface area contributed by atoms with Crippen molar-refractivity contribution in [3.05, 3.63) is 47.7 Å². The van der Waals surface area contributed by atoms with Gasteiger partial charge in [-0.05, 0) is 36.1 Å². The van der Waals surface area contributed by atoms with Gasteiger partial charge < -0.3 is 31.6 Å². The maximum Gasteiger partial charge on any atom is 0.326 e. The minimum atomic E-state index is -1.28. The van der Waals surface area contributed by atoms with Crippen molar-refractivity contribution in [3.8, 4) is 0 Å². The Balaban J connectivity index is 1.69. The first-order chi connectivity index (χ1) is 15.2. The zero-order chi connectivity index (χ0) is 23.4. The quantitative estimate of drug-likeness (QED) is 0.328. The molecule has 32 heavy (non-hydrogen) atoms. The van der Waals surface area contributed by atoms with E-state index in [2.05, 4.69) is 15.3 Å². The highest BCUT2D eigenvalue weighted by Crippen LogP contribution is 2.24. The van der Waals surface area contributed by atoms with Gasteiger partial charge in [0.15, 0.2) is 5.82 Å². The minimum Gasteiger partial charge on any atom is -0.481 e. The number of anilines is 2. The van der Waals surface area contributed by atoms with Crippen LogP contribution in [0.4, 0.5) is 11.8 Å². The monoisotopic (exact) mass is 440 g/mol. The summed E-state index contributed by atoms with van der Waals surface area (Å²) in [6, 6.07) is 7.31. The number of nitrogen functional groups attached to an aromatic ring is 2. The number of rotatable bonds is 9. The van der Waals surface area contributed by atoms with Crippen molar-refractivity contribution < 1.29 is 24.6 Å². The normalized spacial score (nSPS) is 12.9. The summed E-state index contributed by atoms with van der Waals surface area (Å²) in [5.41, 5.74) is 14.2. The van der Waals surface area contributed by atoms with Gasteiger partial charge in [-0.1, -0.05) is 19.1 Å². The smallest absolute Gasteiger partial charge is 0.326 e. The average Bonchev–Trinajstić information content (AvgIpc) is 3.13. The molecule has 7 N–H and O–H groups in total. The third kappa shape index (κ3) is 5.12. The van der Waals surface area contributed by atoms with Gasteiger partial charge in [-0.2, -0.15) is 4.98 Å². The Kier molecular flexibility index (Phi) is 6.57. The Morgan fingerprint density at radius 3 is 2.41 bits per heavy atom. The Morgan fingerprint density at radius 1 is 1.09 bits per heavy atom. The second kappa shape index (κ2) is 9.33. The Hall–Kier alpha value is -4.15. The molecule has 2 atom stereocenters. The van der Waals surface area contributed by atoms with Gasteiger partial charge in [-0.15, -0.1) is 0 Å². The molecular formula is C21H24N6O5. The van der Waals surface area contributed by atoms with Gasteiger partial charge in [0, 0.05) is 24.7 Å². The molecule has 0 aliphatic carbocycles. The Morgan fingerprint density at radius 2 is 1.78 bits per heavy atom. The van der Waals surface area contributed by atoms with Crippen LogP contribution in [-0.2, 0) is 16.1 Å². The zero-order valence-corrected chi connectivity index (χ0v) is 17.4. The molecule has 0 aliphatic rings. The highest BCUT2D eigenvalue weighted by atomic mass is 16.4. The number of carboxylic acid groups (broad SMARTS) is 2. The van der Waals surface area contributed by atoms with Crippen molar-refractivity contribution in [2.24, 2.45) is 0 Å². The molecule has 0 aliphatic heterocycles. The number of fused-ring (bicyclic) bond motifs is 1. The van der Waals surface area contributed by atoms with Crippen molar-refractivity contribution in [1.29, 1.82) is 0 Å². The SMILES string of the molecule is CC(Cn1ccc2nc(N)nc(N)c21)c1ccc(C(=O)N[C@H](CCC(=O)O)C(=O)O)cc1. The summed E-state index contributed by atoms with van der Waals surface area (Å²) in [5.74, 6) is -2.52. The van der Waals surface area contributed by atoms with Gasteiger partial charge in [-0.25, -0.2) is 9.78 Å². The number of nitrogens with one attached hydrogen (secondary N) is 1. The van der Waals surface area contributed by atoms with Crippen LogP contribution in [0.3, 0.4) is 0 Å². The van der Waals surface area contributed by atoms with E-state index in [0.717, 1.165) is 5.56 Å². The van der Waals surface area contributed by atoms with Crippen LogP contribution in [0.1, 0.15) is 41.6 Å². The van der Waals surface area contributed by atoms with Crippen molar-refractivity contribution in [1.82, 2.24) is 19.9 Å². The molecule has 3 rings (SSSR count). The predicted octanol–water partition coefficient (Wildman–Crippen LogP) is 1.45. The molecule has 1 aromatic carbocycles. The van der Waals surface area contributed by atoms with Gasteiger partial charge in [0.05, 0.1) is 5.52 Å². The van der Waals surface area contributed by atoms with Gasteiger partial charge in [0.1, 0.15) is 11.6 Å². The lowest BCUT2D eigenvalue weighted by Crippen LogP contribution is -2.41. The number of carbonyl (C=O) groups excluding carboxylic acids is 1. The van der Waals surface area contributed by atoms with Crippen LogP contribution in [-0.4, -0.2) is 48.6 Å². The third-order valence-corrected chi connectivity index (χ3v) is 5.12. The molecule has 1 unspecified atom stereocenters. The number of carbonyl (C=O) groups is 3. The lowest BCUT2D eigenvalue weighted by atomic mass is 9.99. The molecule has 0 bridgehead atoms. The second-order valence-corrected chi connectivity index (χ2v) is 7.49. The van der Waals surface area contributed by atoms with Crippen LogP contribution in [0.15, 0.2) is 36.5 Å². The van der Waals surface area contributed by atoms with E-state index in [9.17, 15) is 19.5 Å². The third-order valence-electron chi connectivity index (χ3n) is 5.12. The van der Waals surface area contributed by atoms with Crippen LogP contribution in [0.5, 0.6) is 0 Å². The summed E-state index contributed by atoms with van der Waals surface area (Å²) >= 11 is 0. The molecule has 2 heterocycles. The first kappa shape index (κ1) is 22.5. The highest BCUT2D eigenvalue weighted by Gasteiger charge is 2.22. The molecule has 0 fully saturated rings. The second-order valence-electron chi connectivity index (χ2n) is 7.49. The molecule has 0 spiro atoms. The number of aliphatic carboxylic acids is 2. The van der Waals surface area contributed by atoms with Crippen LogP contribution in [0.2, 0.25) is 0 Å². The molecular weight excluding hydrogens is 416 g/mol. The molecule has 11 nitrogen and oxygen atoms in total. The van der Waals surface area contributed by atoms with Gasteiger partial charge in [0.25, 0.3) is 5.91 Å². The number of amides is 1. The van der Waals surface area contributed by atoms with E-state index < -0.39 is 23.9 Å². The van der Waals surface area contributed by atoms with Crippen molar-refractivity contribution in [2.75, 3.05) is 11.5 Å². The minimum absolute atomic E-state index is 0.0574. The number of nitrogens with two attached hydrogens (primary N) is 2. The summed E-state index contributed by atoms with van der Waals surface area (Å²) in [7, 11) is 0. The molecule has 1 amide bonds. The summed E-state index contributed by atoms with van der Waals surface area (Å²) in [6.45, 7) is 2.60. The number of benzene rings is 1. The van der Waals surface area contributed by atoms with Crippen LogP contribution < -0.4 is 16.8 Å². The average molecular weight is 440 g/mol. The van der Waals surface area contributed by atoms with E-state index in [0.29, 0.717) is 23.4 Å². The van der Waals surface area contributed by atoms with Gasteiger partial charge >= 0.3 is 11.9 Å². The van der Waals surface area contributed by atoms with Crippen molar-refractivity contribution in [3.63, 3.8) is 0 Å². The summed E-state index contributed by atoms with van der Waals surface area (Å²) in [4.78, 5) is 42.5. The lowest BCUT2D eigenvalue weighted by molar-refractivity contribution is -0.140. The van der Waals surface area contributed by atoms with Crippen LogP contribution in [0, 0.1) is 0 Å². The number of nitrogens with zero attached hydrogens (tertiary/aromatic N) is 3. The number of hydrogen-bond donors (Lipinski definition) is 5. The Bertz CT molecular complexity index is 1160. The molecule has 3 aromatic rings. The fourth-order valence-corrected chi connectivity index (χ4v) is 3.44. The highest BCUT2D eigenvalue weighted by molar-refractivity contribution is 5.96. The fourth-order valence-electron chi connectivity index (χ4n) is 3.44. The number of aromatic nitrogens is 3. The maximum absolute atomic E-state index is 12.4. The first-order valence-electron chi connectivity index (χ1n) is 9.89. The number of hydrogen-bond acceptors (Lipinski definition) is 7. The van der Waals surface area contributed by atoms with Gasteiger partial charge in [0.2, 0.25) is 5.95 Å². The van der Waals surface area contributed by atoms with Gasteiger partial charge in [-0.3, -0.25) is 9.59 Å². The van der Waals surface area contributed by atoms with E-state index >= 15 is 0 Å². The summed E-state index contributed by atoms with van der Waals surface area (Å²) in [6.07, 6.45) is 1.30. The van der Waals surface area contributed by atoms with E-state index in [1.807, 2.05) is 23.8 Å². The van der Waals surface area contributed by atoms with Crippen LogP contribution in [0.25, 0.3) is 11.0 Å². The van der Waals surface area contributed by atoms with E-state index in [1.54, 1.807) is 24.3 Å². The largest absolute Gasteiger partial charge is 0.481 e. The van der Waals surface area contributed by atoms with Crippen molar-refractivity contribution in [2.45, 2.75) is 38.3 Å². The first-order valence-corrected chi connectivity index (χ1v) is 9.89. The van der Waals surface area contributed by atoms with Crippen LogP contribution >= 0.6 is 0 Å². The number of carboxylic acids is 2. The fraction of sp³-hybridized carbons (Fsp3) is 0.286. The summed E-state index contributed by atoms with van der Waals surface area (Å²) < 4.78 is 1.94. The maximum atomic E-state index is 12.4. The molecule has 0 saturated carbocycles. The molecule has 2 aromatic heterocycles. The van der Waals surface area contributed by atoms with Crippen molar-refractivity contribution >= 4 is 40.6 Å². The van der Waals surface area contributed by atoms with E-state index in [4.69, 9.17) is 16.6 Å². The molecule has 168 valence electrons. The lowest BCUT2D eigenvalue weighted by Gasteiger charge is -2.16. The molecule has 0 radical (unpaired) electrons. The molecule has 0 saturated heterocycles. The summed E-state index contributed by atoms with van der Waals surface area (Å²) in [5, 5.41) is 20.3. The topological polar surface area (TPSA) is 186 Å². The standard InChI is InChI=1S/C21H24N6O5/c1-11(10-27-9-8-14-17(27)18(22)26-21(23)25-14)12-2-4-13(5-3-12)19(30)24-15(20(31)32)6-7-16(28)29/h2-5,8-9,11,15H,6-7,10H2,1H3,(H,24,30)(H,28,29)(H,31,32)(H4,22,23,25,26)/t11?,15-/m1/s1.